The smallest absolute Gasteiger partial charge is 0.325 e. The Morgan fingerprint density at radius 3 is 2.70 bits per heavy atom. The fourth-order valence-corrected chi connectivity index (χ4v) is 3.48. The zero-order valence-electron chi connectivity index (χ0n) is 15.0. The predicted octanol–water partition coefficient (Wildman–Crippen LogP) is 1.80. The monoisotopic (exact) mass is 325 g/mol. The van der Waals surface area contributed by atoms with Crippen LogP contribution in [-0.2, 0) is 14.3 Å². The van der Waals surface area contributed by atoms with Gasteiger partial charge in [0.1, 0.15) is 12.1 Å². The Bertz CT molecular complexity index is 431. The first kappa shape index (κ1) is 18.0. The first-order valence-electron chi connectivity index (χ1n) is 8.59. The number of hydrogen-bond acceptors (Lipinski definition) is 4. The second-order valence-electron chi connectivity index (χ2n) is 7.67. The van der Waals surface area contributed by atoms with Gasteiger partial charge >= 0.3 is 5.97 Å². The molecule has 1 spiro atoms. The van der Waals surface area contributed by atoms with Gasteiger partial charge in [-0.1, -0.05) is 0 Å². The van der Waals surface area contributed by atoms with E-state index in [4.69, 9.17) is 9.47 Å². The van der Waals surface area contributed by atoms with E-state index in [1.165, 1.54) is 12.8 Å². The molecule has 0 aromatic heterocycles. The molecule has 2 saturated heterocycles. The summed E-state index contributed by atoms with van der Waals surface area (Å²) in [5.41, 5.74) is -0.211. The van der Waals surface area contributed by atoms with Crippen LogP contribution in [-0.4, -0.2) is 62.3 Å². The van der Waals surface area contributed by atoms with Gasteiger partial charge in [0, 0.05) is 32.2 Å². The van der Waals surface area contributed by atoms with Crippen LogP contribution in [0.4, 0.5) is 0 Å². The number of esters is 1. The van der Waals surface area contributed by atoms with Crippen molar-refractivity contribution in [2.24, 2.45) is 10.4 Å². The summed E-state index contributed by atoms with van der Waals surface area (Å²) < 4.78 is 11.1. The number of piperidine rings is 1. The minimum Gasteiger partial charge on any atom is -0.459 e. The lowest BCUT2D eigenvalue weighted by Gasteiger charge is -2.45. The number of nitrogens with one attached hydrogen (secondary N) is 1. The highest BCUT2D eigenvalue weighted by Crippen LogP contribution is 2.37. The van der Waals surface area contributed by atoms with Gasteiger partial charge in [-0.3, -0.25) is 9.79 Å². The van der Waals surface area contributed by atoms with Crippen molar-refractivity contribution in [1.29, 1.82) is 0 Å². The van der Waals surface area contributed by atoms with Crippen LogP contribution in [0.15, 0.2) is 4.99 Å². The zero-order chi connectivity index (χ0) is 16.9. The van der Waals surface area contributed by atoms with Gasteiger partial charge in [0.05, 0.1) is 6.61 Å². The number of rotatable bonds is 2. The molecule has 0 saturated carbocycles. The van der Waals surface area contributed by atoms with Crippen molar-refractivity contribution in [2.45, 2.75) is 52.1 Å². The van der Waals surface area contributed by atoms with Gasteiger partial charge in [-0.05, 0) is 46.5 Å². The van der Waals surface area contributed by atoms with Gasteiger partial charge in [-0.25, -0.2) is 0 Å². The predicted molar refractivity (Wildman–Crippen MR) is 90.5 cm³/mol. The van der Waals surface area contributed by atoms with Crippen LogP contribution in [0.3, 0.4) is 0 Å². The molecular weight excluding hydrogens is 294 g/mol. The van der Waals surface area contributed by atoms with Gasteiger partial charge in [-0.15, -0.1) is 0 Å². The van der Waals surface area contributed by atoms with Crippen molar-refractivity contribution in [2.75, 3.05) is 39.9 Å². The van der Waals surface area contributed by atoms with Crippen molar-refractivity contribution in [1.82, 2.24) is 10.2 Å². The first-order valence-corrected chi connectivity index (χ1v) is 8.59. The van der Waals surface area contributed by atoms with Crippen molar-refractivity contribution >= 4 is 11.9 Å². The molecular formula is C17H31N3O3. The maximum atomic E-state index is 11.9. The Hall–Kier alpha value is -1.30. The van der Waals surface area contributed by atoms with Crippen LogP contribution in [0.2, 0.25) is 0 Å². The van der Waals surface area contributed by atoms with Crippen LogP contribution in [0, 0.1) is 5.41 Å². The number of carbonyl (C=O) groups is 1. The second kappa shape index (κ2) is 7.51. The molecule has 132 valence electrons. The number of ether oxygens (including phenoxy) is 2. The number of guanidine groups is 1. The summed E-state index contributed by atoms with van der Waals surface area (Å²) in [6.07, 6.45) is 4.70. The summed E-state index contributed by atoms with van der Waals surface area (Å²) in [6, 6.07) is 0. The Labute approximate surface area is 139 Å². The van der Waals surface area contributed by atoms with E-state index < -0.39 is 5.60 Å². The van der Waals surface area contributed by atoms with Gasteiger partial charge in [-0.2, -0.15) is 0 Å². The van der Waals surface area contributed by atoms with Gasteiger partial charge < -0.3 is 19.7 Å². The molecule has 0 aliphatic carbocycles. The second-order valence-corrected chi connectivity index (χ2v) is 7.67. The largest absolute Gasteiger partial charge is 0.459 e. The number of hydrogen-bond donors (Lipinski definition) is 1. The fraction of sp³-hybridized carbons (Fsp3) is 0.882. The molecule has 6 heteroatoms. The minimum atomic E-state index is -0.461. The highest BCUT2D eigenvalue weighted by molar-refractivity contribution is 5.84. The molecule has 0 amide bonds. The van der Waals surface area contributed by atoms with Crippen LogP contribution in [0.5, 0.6) is 0 Å². The topological polar surface area (TPSA) is 63.2 Å². The van der Waals surface area contributed by atoms with Crippen molar-refractivity contribution in [3.63, 3.8) is 0 Å². The Morgan fingerprint density at radius 2 is 2.09 bits per heavy atom. The molecule has 1 N–H and O–H groups in total. The number of aliphatic imine (C=N–C) groups is 1. The SMILES string of the molecule is CN=C(NCC(=O)OC(C)(C)C)N1CCCC2(CCCOC2)C1. The molecule has 0 aromatic rings. The molecule has 0 radical (unpaired) electrons. The Morgan fingerprint density at radius 1 is 1.35 bits per heavy atom. The van der Waals surface area contributed by atoms with Gasteiger partial charge in [0.15, 0.2) is 5.96 Å². The molecule has 0 aromatic carbocycles. The number of nitrogens with zero attached hydrogens (tertiary/aromatic N) is 2. The summed E-state index contributed by atoms with van der Waals surface area (Å²) in [6.45, 7) is 9.40. The quantitative estimate of drug-likeness (QED) is 0.476. The van der Waals surface area contributed by atoms with Gasteiger partial charge in [0.2, 0.25) is 0 Å². The van der Waals surface area contributed by atoms with E-state index in [0.29, 0.717) is 0 Å². The van der Waals surface area contributed by atoms with Crippen LogP contribution in [0.25, 0.3) is 0 Å². The molecule has 2 fully saturated rings. The number of carbonyl (C=O) groups excluding carboxylic acids is 1. The minimum absolute atomic E-state index is 0.143. The van der Waals surface area contributed by atoms with Crippen molar-refractivity contribution in [3.8, 4) is 0 Å². The lowest BCUT2D eigenvalue weighted by Crippen LogP contribution is -2.53. The van der Waals surface area contributed by atoms with E-state index in [1.54, 1.807) is 7.05 Å². The highest BCUT2D eigenvalue weighted by atomic mass is 16.6. The van der Waals surface area contributed by atoms with Crippen LogP contribution in [0.1, 0.15) is 46.5 Å². The van der Waals surface area contributed by atoms with E-state index in [0.717, 1.165) is 45.1 Å². The van der Waals surface area contributed by atoms with E-state index in [9.17, 15) is 4.79 Å². The summed E-state index contributed by atoms with van der Waals surface area (Å²) in [7, 11) is 1.76. The highest BCUT2D eigenvalue weighted by Gasteiger charge is 2.38. The Balaban J connectivity index is 1.89. The molecule has 23 heavy (non-hydrogen) atoms. The average molecular weight is 325 g/mol. The normalized spacial score (nSPS) is 26.3. The zero-order valence-corrected chi connectivity index (χ0v) is 15.0. The Kier molecular flexibility index (Phi) is 5.89. The van der Waals surface area contributed by atoms with E-state index in [-0.39, 0.29) is 17.9 Å². The molecule has 2 heterocycles. The van der Waals surface area contributed by atoms with E-state index >= 15 is 0 Å². The lowest BCUT2D eigenvalue weighted by atomic mass is 9.76. The summed E-state index contributed by atoms with van der Waals surface area (Å²) in [4.78, 5) is 18.5. The molecule has 2 aliphatic heterocycles. The van der Waals surface area contributed by atoms with Gasteiger partial charge in [0.25, 0.3) is 0 Å². The summed E-state index contributed by atoms with van der Waals surface area (Å²) >= 11 is 0. The average Bonchev–Trinajstić information content (AvgIpc) is 2.47. The lowest BCUT2D eigenvalue weighted by molar-refractivity contribution is -0.153. The molecule has 2 aliphatic rings. The molecule has 1 atom stereocenters. The fourth-order valence-electron chi connectivity index (χ4n) is 3.48. The van der Waals surface area contributed by atoms with Crippen molar-refractivity contribution < 1.29 is 14.3 Å². The van der Waals surface area contributed by atoms with Crippen LogP contribution >= 0.6 is 0 Å². The first-order chi connectivity index (χ1) is 10.8. The van der Waals surface area contributed by atoms with Crippen LogP contribution < -0.4 is 5.32 Å². The molecule has 6 nitrogen and oxygen atoms in total. The summed E-state index contributed by atoms with van der Waals surface area (Å²) in [5, 5.41) is 3.14. The summed E-state index contributed by atoms with van der Waals surface area (Å²) in [5.74, 6) is 0.520. The third kappa shape index (κ3) is 5.37. The molecule has 1 unspecified atom stereocenters. The maximum absolute atomic E-state index is 11.9. The molecule has 0 bridgehead atoms. The van der Waals surface area contributed by atoms with E-state index in [1.807, 2.05) is 20.8 Å². The third-order valence-electron chi connectivity index (χ3n) is 4.39. The third-order valence-corrected chi connectivity index (χ3v) is 4.39. The standard InChI is InChI=1S/C17H31N3O3/c1-16(2,3)23-14(21)11-19-15(18-4)20-9-5-7-17(12-20)8-6-10-22-13-17/h5-13H2,1-4H3,(H,18,19). The maximum Gasteiger partial charge on any atom is 0.325 e. The van der Waals surface area contributed by atoms with Crippen molar-refractivity contribution in [3.05, 3.63) is 0 Å². The molecule has 2 rings (SSSR count). The number of likely N-dealkylation sites (tertiary alicyclic amines) is 1. The van der Waals surface area contributed by atoms with E-state index in [2.05, 4.69) is 15.2 Å².